The SMILES string of the molecule is CC1(C)c2ccccc2C2(c3ccccc3-c3cc(N(c4ccc(-c5ccc6c(c5)C5(c7ccccc7-c7ccccc75)c5ccccc5-6)cc4)c4cccc(-c5ccccc5)c4)ccc32)c2ccccc21. The second-order valence-corrected chi connectivity index (χ2v) is 20.7. The molecule has 0 atom stereocenters. The van der Waals surface area contributed by atoms with Gasteiger partial charge in [-0.1, -0.05) is 232 Å². The van der Waals surface area contributed by atoms with E-state index in [1.807, 2.05) is 0 Å². The highest BCUT2D eigenvalue weighted by atomic mass is 15.1. The summed E-state index contributed by atoms with van der Waals surface area (Å²) in [6, 6.07) is 98.3. The smallest absolute Gasteiger partial charge is 0.0725 e. The van der Waals surface area contributed by atoms with Crippen LogP contribution in [0.3, 0.4) is 0 Å². The second-order valence-electron chi connectivity index (χ2n) is 20.7. The Hall–Kier alpha value is -8.78. The number of anilines is 3. The van der Waals surface area contributed by atoms with Gasteiger partial charge >= 0.3 is 0 Å². The van der Waals surface area contributed by atoms with Gasteiger partial charge < -0.3 is 4.90 Å². The molecule has 0 fully saturated rings. The molecule has 0 aromatic heterocycles. The van der Waals surface area contributed by atoms with E-state index in [1.54, 1.807) is 0 Å². The number of hydrogen-bond donors (Lipinski definition) is 0. The summed E-state index contributed by atoms with van der Waals surface area (Å²) >= 11 is 0. The number of fused-ring (bicyclic) bond motifs is 19. The Balaban J connectivity index is 0.899. The molecule has 0 N–H and O–H groups in total. The zero-order chi connectivity index (χ0) is 47.8. The molecule has 2 spiro atoms. The van der Waals surface area contributed by atoms with Crippen molar-refractivity contribution in [3.63, 3.8) is 0 Å². The molecule has 11 aromatic rings. The summed E-state index contributed by atoms with van der Waals surface area (Å²) in [4.78, 5) is 2.46. The van der Waals surface area contributed by atoms with Gasteiger partial charge in [-0.3, -0.25) is 0 Å². The van der Waals surface area contributed by atoms with Crippen LogP contribution in [0.15, 0.2) is 261 Å². The van der Waals surface area contributed by atoms with Crippen LogP contribution in [0.2, 0.25) is 0 Å². The molecule has 0 heterocycles. The Bertz CT molecular complexity index is 3910. The van der Waals surface area contributed by atoms with Gasteiger partial charge in [0.1, 0.15) is 0 Å². The molecule has 338 valence electrons. The van der Waals surface area contributed by atoms with E-state index >= 15 is 0 Å². The summed E-state index contributed by atoms with van der Waals surface area (Å²) in [6.07, 6.45) is 0. The fourth-order valence-electron chi connectivity index (χ4n) is 14.0. The molecule has 0 unspecified atom stereocenters. The van der Waals surface area contributed by atoms with E-state index in [4.69, 9.17) is 0 Å². The van der Waals surface area contributed by atoms with Gasteiger partial charge in [-0.2, -0.15) is 0 Å². The van der Waals surface area contributed by atoms with Crippen LogP contribution in [-0.4, -0.2) is 0 Å². The minimum atomic E-state index is -0.453. The van der Waals surface area contributed by atoms with Crippen molar-refractivity contribution in [2.24, 2.45) is 0 Å². The van der Waals surface area contributed by atoms with Crippen LogP contribution in [-0.2, 0) is 16.2 Å². The molecule has 4 aliphatic carbocycles. The predicted octanol–water partition coefficient (Wildman–Crippen LogP) is 17.8. The van der Waals surface area contributed by atoms with Gasteiger partial charge in [-0.25, -0.2) is 0 Å². The highest BCUT2D eigenvalue weighted by Crippen LogP contribution is 2.64. The molecule has 0 saturated carbocycles. The highest BCUT2D eigenvalue weighted by molar-refractivity contribution is 5.97. The van der Waals surface area contributed by atoms with Gasteiger partial charge in [-0.05, 0) is 154 Å². The van der Waals surface area contributed by atoms with Crippen LogP contribution in [0, 0.1) is 0 Å². The molecule has 0 bridgehead atoms. The minimum absolute atomic E-state index is 0.150. The van der Waals surface area contributed by atoms with Crippen molar-refractivity contribution in [3.05, 3.63) is 316 Å². The molecule has 0 radical (unpaired) electrons. The molecular weight excluding hydrogens is 867 g/mol. The lowest BCUT2D eigenvalue weighted by Gasteiger charge is -2.46. The molecule has 0 saturated heterocycles. The van der Waals surface area contributed by atoms with E-state index in [1.165, 1.54) is 111 Å². The first-order valence-corrected chi connectivity index (χ1v) is 25.4. The van der Waals surface area contributed by atoms with Crippen LogP contribution in [0.4, 0.5) is 17.1 Å². The van der Waals surface area contributed by atoms with Gasteiger partial charge in [0.2, 0.25) is 0 Å². The topological polar surface area (TPSA) is 3.24 Å². The van der Waals surface area contributed by atoms with Gasteiger partial charge in [0, 0.05) is 22.5 Å². The van der Waals surface area contributed by atoms with Gasteiger partial charge in [0.05, 0.1) is 10.8 Å². The first kappa shape index (κ1) is 41.0. The number of nitrogens with zero attached hydrogens (tertiary/aromatic N) is 1. The van der Waals surface area contributed by atoms with E-state index < -0.39 is 10.8 Å². The summed E-state index contributed by atoms with van der Waals surface area (Å²) in [5, 5.41) is 0. The summed E-state index contributed by atoms with van der Waals surface area (Å²) in [6.45, 7) is 4.78. The molecule has 11 aromatic carbocycles. The lowest BCUT2D eigenvalue weighted by Crippen LogP contribution is -2.40. The maximum absolute atomic E-state index is 2.49. The molecule has 72 heavy (non-hydrogen) atoms. The second kappa shape index (κ2) is 15.1. The summed E-state index contributed by atoms with van der Waals surface area (Å²) < 4.78 is 0. The van der Waals surface area contributed by atoms with E-state index in [0.717, 1.165) is 17.1 Å². The van der Waals surface area contributed by atoms with Crippen LogP contribution < -0.4 is 4.90 Å². The normalized spacial score (nSPS) is 14.9. The zero-order valence-electron chi connectivity index (χ0n) is 40.3. The molecule has 1 heteroatoms. The third-order valence-electron chi connectivity index (χ3n) is 17.0. The van der Waals surface area contributed by atoms with Crippen molar-refractivity contribution in [3.8, 4) is 55.6 Å². The Kier molecular flexibility index (Phi) is 8.62. The van der Waals surface area contributed by atoms with E-state index in [-0.39, 0.29) is 5.41 Å². The maximum atomic E-state index is 2.49. The van der Waals surface area contributed by atoms with Crippen molar-refractivity contribution in [1.29, 1.82) is 0 Å². The van der Waals surface area contributed by atoms with Gasteiger partial charge in [0.25, 0.3) is 0 Å². The Morgan fingerprint density at radius 3 is 1.17 bits per heavy atom. The van der Waals surface area contributed by atoms with Crippen molar-refractivity contribution in [2.75, 3.05) is 4.90 Å². The Morgan fingerprint density at radius 2 is 0.597 bits per heavy atom. The molecule has 0 aliphatic heterocycles. The summed E-state index contributed by atoms with van der Waals surface area (Å²) in [7, 11) is 0. The highest BCUT2D eigenvalue weighted by Gasteiger charge is 2.54. The fourth-order valence-corrected chi connectivity index (χ4v) is 14.0. The van der Waals surface area contributed by atoms with Gasteiger partial charge in [-0.15, -0.1) is 0 Å². The maximum Gasteiger partial charge on any atom is 0.0725 e. The molecule has 4 aliphatic rings. The van der Waals surface area contributed by atoms with E-state index in [9.17, 15) is 0 Å². The summed E-state index contributed by atoms with van der Waals surface area (Å²) in [5.41, 5.74) is 28.6. The fraction of sp³-hybridized carbons (Fsp3) is 0.0704. The average molecular weight is 916 g/mol. The van der Waals surface area contributed by atoms with Crippen LogP contribution in [0.1, 0.15) is 69.5 Å². The average Bonchev–Trinajstić information content (AvgIpc) is 4.04. The van der Waals surface area contributed by atoms with Gasteiger partial charge in [0.15, 0.2) is 0 Å². The van der Waals surface area contributed by atoms with Crippen LogP contribution in [0.25, 0.3) is 55.6 Å². The van der Waals surface area contributed by atoms with E-state index in [0.29, 0.717) is 0 Å². The quantitative estimate of drug-likeness (QED) is 0.166. The van der Waals surface area contributed by atoms with E-state index in [2.05, 4.69) is 280 Å². The zero-order valence-corrected chi connectivity index (χ0v) is 40.3. The Morgan fingerprint density at radius 1 is 0.222 bits per heavy atom. The van der Waals surface area contributed by atoms with Crippen LogP contribution >= 0.6 is 0 Å². The lowest BCUT2D eigenvalue weighted by atomic mass is 9.55. The number of hydrogen-bond acceptors (Lipinski definition) is 1. The first-order valence-electron chi connectivity index (χ1n) is 25.4. The monoisotopic (exact) mass is 915 g/mol. The minimum Gasteiger partial charge on any atom is -0.310 e. The first-order chi connectivity index (χ1) is 35.5. The standard InChI is InChI=1S/C71H49N/c1-69(2)64-31-14-16-33-66(64)71(67-34-17-15-32-65(67)69)62-30-13-9-26-56(62)58-45-52(40-42-63(58)71)72(51-22-18-21-48(43-51)46-19-4-3-5-20-46)50-38-35-47(36-39-50)49-37-41-57-55-25-8-12-29-61(55)70(68(57)44-49)59-27-10-6-23-53(59)54-24-7-11-28-60(54)70/h3-45H,1-2H3. The van der Waals surface area contributed by atoms with Crippen molar-refractivity contribution >= 4 is 17.1 Å². The molecule has 15 rings (SSSR count). The predicted molar refractivity (Wildman–Crippen MR) is 298 cm³/mol. The summed E-state index contributed by atoms with van der Waals surface area (Å²) in [5.74, 6) is 0. The lowest BCUT2D eigenvalue weighted by molar-refractivity contribution is 0.563. The third-order valence-corrected chi connectivity index (χ3v) is 17.0. The number of benzene rings is 11. The molecule has 0 amide bonds. The third kappa shape index (κ3) is 5.38. The van der Waals surface area contributed by atoms with Crippen molar-refractivity contribution in [2.45, 2.75) is 30.1 Å². The molecular formula is C71H49N. The van der Waals surface area contributed by atoms with Crippen molar-refractivity contribution < 1.29 is 0 Å². The Labute approximate surface area is 422 Å². The van der Waals surface area contributed by atoms with Crippen molar-refractivity contribution in [1.82, 2.24) is 0 Å². The number of rotatable bonds is 5. The molecule has 1 nitrogen and oxygen atoms in total. The largest absolute Gasteiger partial charge is 0.310 e. The van der Waals surface area contributed by atoms with Crippen LogP contribution in [0.5, 0.6) is 0 Å².